The van der Waals surface area contributed by atoms with E-state index in [9.17, 15) is 0 Å². The van der Waals surface area contributed by atoms with Crippen molar-refractivity contribution in [1.29, 1.82) is 0 Å². The fourth-order valence-electron chi connectivity index (χ4n) is 2.69. The van der Waals surface area contributed by atoms with Crippen LogP contribution in [0.2, 0.25) is 0 Å². The molecule has 2 N–H and O–H groups in total. The predicted molar refractivity (Wildman–Crippen MR) is 107 cm³/mol. The average Bonchev–Trinajstić information content (AvgIpc) is 3.43. The Morgan fingerprint density at radius 2 is 2.07 bits per heavy atom. The SMILES string of the molecule is CCNC(=NCc1ccc(C)cc1OCC1CC1)NCc1nnc(C)n1C. The zero-order valence-electron chi connectivity index (χ0n) is 16.7. The van der Waals surface area contributed by atoms with Crippen LogP contribution < -0.4 is 15.4 Å². The van der Waals surface area contributed by atoms with Crippen molar-refractivity contribution in [2.45, 2.75) is 46.7 Å². The Kier molecular flexibility index (Phi) is 6.32. The van der Waals surface area contributed by atoms with Gasteiger partial charge in [-0.1, -0.05) is 12.1 Å². The summed E-state index contributed by atoms with van der Waals surface area (Å²) in [5.41, 5.74) is 2.31. The van der Waals surface area contributed by atoms with Gasteiger partial charge >= 0.3 is 0 Å². The summed E-state index contributed by atoms with van der Waals surface area (Å²) in [4.78, 5) is 4.73. The maximum absolute atomic E-state index is 6.05. The lowest BCUT2D eigenvalue weighted by molar-refractivity contribution is 0.296. The third-order valence-corrected chi connectivity index (χ3v) is 4.74. The van der Waals surface area contributed by atoms with E-state index in [1.54, 1.807) is 0 Å². The minimum atomic E-state index is 0.563. The molecular weight excluding hydrogens is 340 g/mol. The zero-order chi connectivity index (χ0) is 19.2. The summed E-state index contributed by atoms with van der Waals surface area (Å²) in [5, 5.41) is 14.9. The monoisotopic (exact) mass is 370 g/mol. The van der Waals surface area contributed by atoms with E-state index >= 15 is 0 Å². The summed E-state index contributed by atoms with van der Waals surface area (Å²) in [7, 11) is 1.96. The maximum atomic E-state index is 6.05. The van der Waals surface area contributed by atoms with E-state index in [2.05, 4.69) is 52.9 Å². The van der Waals surface area contributed by atoms with Crippen LogP contribution in [-0.2, 0) is 20.1 Å². The van der Waals surface area contributed by atoms with Crippen molar-refractivity contribution in [3.05, 3.63) is 41.0 Å². The molecule has 1 aromatic heterocycles. The molecule has 1 heterocycles. The fourth-order valence-corrected chi connectivity index (χ4v) is 2.69. The van der Waals surface area contributed by atoms with Gasteiger partial charge in [0.25, 0.3) is 0 Å². The minimum absolute atomic E-state index is 0.563. The zero-order valence-corrected chi connectivity index (χ0v) is 16.7. The molecule has 0 aliphatic heterocycles. The van der Waals surface area contributed by atoms with Crippen LogP contribution in [0.1, 0.15) is 42.5 Å². The number of ether oxygens (including phenoxy) is 1. The van der Waals surface area contributed by atoms with E-state index in [1.807, 2.05) is 18.5 Å². The topological polar surface area (TPSA) is 76.4 Å². The van der Waals surface area contributed by atoms with Crippen LogP contribution in [0.3, 0.4) is 0 Å². The van der Waals surface area contributed by atoms with Gasteiger partial charge in [-0.3, -0.25) is 0 Å². The number of benzene rings is 1. The molecule has 1 aromatic carbocycles. The smallest absolute Gasteiger partial charge is 0.191 e. The Bertz CT molecular complexity index is 794. The average molecular weight is 371 g/mol. The molecule has 0 atom stereocenters. The van der Waals surface area contributed by atoms with Gasteiger partial charge in [0.05, 0.1) is 19.7 Å². The van der Waals surface area contributed by atoms with Crippen molar-refractivity contribution in [3.63, 3.8) is 0 Å². The molecule has 146 valence electrons. The van der Waals surface area contributed by atoms with Crippen molar-refractivity contribution in [1.82, 2.24) is 25.4 Å². The molecular formula is C20H30N6O. The minimum Gasteiger partial charge on any atom is -0.493 e. The van der Waals surface area contributed by atoms with Crippen molar-refractivity contribution in [3.8, 4) is 5.75 Å². The van der Waals surface area contributed by atoms with Crippen molar-refractivity contribution in [2.24, 2.45) is 18.0 Å². The van der Waals surface area contributed by atoms with Crippen LogP contribution in [0, 0.1) is 19.8 Å². The Labute approximate surface area is 161 Å². The van der Waals surface area contributed by atoms with Gasteiger partial charge < -0.3 is 19.9 Å². The van der Waals surface area contributed by atoms with Crippen molar-refractivity contribution >= 4 is 5.96 Å². The van der Waals surface area contributed by atoms with Crippen LogP contribution in [0.5, 0.6) is 5.75 Å². The number of rotatable bonds is 8. The molecule has 1 aliphatic rings. The first-order chi connectivity index (χ1) is 13.1. The number of aryl methyl sites for hydroxylation is 2. The molecule has 7 nitrogen and oxygen atoms in total. The van der Waals surface area contributed by atoms with Gasteiger partial charge in [0.2, 0.25) is 0 Å². The Morgan fingerprint density at radius 3 is 2.74 bits per heavy atom. The van der Waals surface area contributed by atoms with Gasteiger partial charge in [-0.15, -0.1) is 10.2 Å². The molecule has 1 fully saturated rings. The summed E-state index contributed by atoms with van der Waals surface area (Å²) < 4.78 is 8.02. The Hall–Kier alpha value is -2.57. The van der Waals surface area contributed by atoms with Crippen LogP contribution in [0.4, 0.5) is 0 Å². The molecule has 0 unspecified atom stereocenters. The van der Waals surface area contributed by atoms with E-state index in [1.165, 1.54) is 18.4 Å². The van der Waals surface area contributed by atoms with Gasteiger partial charge in [-0.25, -0.2) is 4.99 Å². The van der Waals surface area contributed by atoms with Gasteiger partial charge in [0.1, 0.15) is 11.6 Å². The van der Waals surface area contributed by atoms with Gasteiger partial charge in [0.15, 0.2) is 11.8 Å². The van der Waals surface area contributed by atoms with E-state index in [-0.39, 0.29) is 0 Å². The molecule has 7 heteroatoms. The van der Waals surface area contributed by atoms with Gasteiger partial charge in [-0.2, -0.15) is 0 Å². The largest absolute Gasteiger partial charge is 0.493 e. The second-order valence-corrected chi connectivity index (χ2v) is 7.14. The summed E-state index contributed by atoms with van der Waals surface area (Å²) in [6, 6.07) is 6.32. The fraction of sp³-hybridized carbons (Fsp3) is 0.550. The first kappa shape index (κ1) is 19.2. The number of aliphatic imine (C=N–C) groups is 1. The third kappa shape index (κ3) is 5.45. The number of nitrogens with one attached hydrogen (secondary N) is 2. The van der Waals surface area contributed by atoms with E-state index in [0.717, 1.165) is 48.0 Å². The number of aromatic nitrogens is 3. The molecule has 3 rings (SSSR count). The Balaban J connectivity index is 1.65. The Morgan fingerprint density at radius 1 is 1.26 bits per heavy atom. The van der Waals surface area contributed by atoms with Crippen LogP contribution in [-0.4, -0.2) is 33.9 Å². The maximum Gasteiger partial charge on any atom is 0.191 e. The highest BCUT2D eigenvalue weighted by Gasteiger charge is 2.22. The predicted octanol–water partition coefficient (Wildman–Crippen LogP) is 2.48. The van der Waals surface area contributed by atoms with Crippen LogP contribution >= 0.6 is 0 Å². The molecule has 1 saturated carbocycles. The lowest BCUT2D eigenvalue weighted by atomic mass is 10.1. The van der Waals surface area contributed by atoms with Gasteiger partial charge in [-0.05, 0) is 51.2 Å². The normalized spacial score (nSPS) is 14.3. The van der Waals surface area contributed by atoms with Crippen LogP contribution in [0.25, 0.3) is 0 Å². The summed E-state index contributed by atoms with van der Waals surface area (Å²) in [6.45, 7) is 8.82. The number of hydrogen-bond acceptors (Lipinski definition) is 4. The number of nitrogens with zero attached hydrogens (tertiary/aromatic N) is 4. The highest BCUT2D eigenvalue weighted by Crippen LogP contribution is 2.30. The summed E-state index contributed by atoms with van der Waals surface area (Å²) in [5.74, 6) is 4.21. The summed E-state index contributed by atoms with van der Waals surface area (Å²) in [6.07, 6.45) is 2.57. The molecule has 0 saturated heterocycles. The lowest BCUT2D eigenvalue weighted by Crippen LogP contribution is -2.37. The number of hydrogen-bond donors (Lipinski definition) is 2. The highest BCUT2D eigenvalue weighted by molar-refractivity contribution is 5.79. The van der Waals surface area contributed by atoms with E-state index < -0.39 is 0 Å². The van der Waals surface area contributed by atoms with Crippen molar-refractivity contribution in [2.75, 3.05) is 13.2 Å². The molecule has 1 aliphatic carbocycles. The summed E-state index contributed by atoms with van der Waals surface area (Å²) >= 11 is 0. The first-order valence-corrected chi connectivity index (χ1v) is 9.66. The molecule has 0 amide bonds. The first-order valence-electron chi connectivity index (χ1n) is 9.66. The third-order valence-electron chi connectivity index (χ3n) is 4.74. The molecule has 0 spiro atoms. The van der Waals surface area contributed by atoms with E-state index in [0.29, 0.717) is 13.1 Å². The van der Waals surface area contributed by atoms with Gasteiger partial charge in [0, 0.05) is 19.2 Å². The second-order valence-electron chi connectivity index (χ2n) is 7.14. The molecule has 2 aromatic rings. The second kappa shape index (κ2) is 8.88. The highest BCUT2D eigenvalue weighted by atomic mass is 16.5. The lowest BCUT2D eigenvalue weighted by Gasteiger charge is -2.13. The standard InChI is InChI=1S/C20H30N6O/c1-5-21-20(23-12-19-25-24-15(3)26(19)4)22-11-17-9-6-14(2)10-18(17)27-13-16-7-8-16/h6,9-10,16H,5,7-8,11-13H2,1-4H3,(H2,21,22,23). The van der Waals surface area contributed by atoms with E-state index in [4.69, 9.17) is 9.73 Å². The number of guanidine groups is 1. The van der Waals surface area contributed by atoms with Crippen molar-refractivity contribution < 1.29 is 4.74 Å². The van der Waals surface area contributed by atoms with Crippen LogP contribution in [0.15, 0.2) is 23.2 Å². The molecule has 27 heavy (non-hydrogen) atoms. The quantitative estimate of drug-likeness (QED) is 0.551. The molecule has 0 radical (unpaired) electrons. The molecule has 0 bridgehead atoms.